The summed E-state index contributed by atoms with van der Waals surface area (Å²) in [7, 11) is 1.59. The number of nitrogens with zero attached hydrogens (tertiary/aromatic N) is 3. The van der Waals surface area contributed by atoms with Gasteiger partial charge in [-0.05, 0) is 21.5 Å². The highest BCUT2D eigenvalue weighted by atomic mass is 79.9. The first-order valence-electron chi connectivity index (χ1n) is 5.78. The summed E-state index contributed by atoms with van der Waals surface area (Å²) in [6.07, 6.45) is 1.49. The summed E-state index contributed by atoms with van der Waals surface area (Å²) in [6, 6.07) is 10.9. The van der Waals surface area contributed by atoms with Crippen LogP contribution in [0.2, 0.25) is 0 Å². The maximum absolute atomic E-state index is 11.0. The number of aromatic nitrogens is 1. The lowest BCUT2D eigenvalue weighted by Gasteiger charge is -2.17. The molecule has 1 aromatic carbocycles. The van der Waals surface area contributed by atoms with Crippen molar-refractivity contribution in [1.82, 2.24) is 4.98 Å². The van der Waals surface area contributed by atoms with Gasteiger partial charge in [-0.3, -0.25) is 15.0 Å². The fraction of sp³-hybridized carbons (Fsp3) is 0.154. The van der Waals surface area contributed by atoms with Crippen LogP contribution in [0.4, 0.5) is 11.5 Å². The predicted octanol–water partition coefficient (Wildman–Crippen LogP) is 3.32. The highest BCUT2D eigenvalue weighted by molar-refractivity contribution is 9.10. The van der Waals surface area contributed by atoms with Gasteiger partial charge in [0.1, 0.15) is 0 Å². The van der Waals surface area contributed by atoms with E-state index in [4.69, 9.17) is 4.84 Å². The van der Waals surface area contributed by atoms with Crippen LogP contribution in [0.25, 0.3) is 0 Å². The third kappa shape index (κ3) is 3.52. The molecule has 0 unspecified atom stereocenters. The molecular weight excluding hydrogens is 326 g/mol. The Morgan fingerprint density at radius 3 is 2.75 bits per heavy atom. The van der Waals surface area contributed by atoms with E-state index in [1.54, 1.807) is 7.05 Å². The van der Waals surface area contributed by atoms with Crippen LogP contribution in [0.5, 0.6) is 0 Å². The molecule has 0 spiro atoms. The fourth-order valence-electron chi connectivity index (χ4n) is 1.61. The second-order valence-corrected chi connectivity index (χ2v) is 4.93. The zero-order valence-corrected chi connectivity index (χ0v) is 12.3. The molecule has 0 radical (unpaired) electrons. The topological polar surface area (TPSA) is 68.5 Å². The minimum Gasteiger partial charge on any atom is -0.267 e. The van der Waals surface area contributed by atoms with Crippen molar-refractivity contribution in [1.29, 1.82) is 0 Å². The third-order valence-electron chi connectivity index (χ3n) is 2.58. The number of nitro groups is 1. The van der Waals surface area contributed by atoms with Gasteiger partial charge in [0.15, 0.2) is 0 Å². The maximum Gasteiger partial charge on any atom is 0.314 e. The van der Waals surface area contributed by atoms with Crippen molar-refractivity contribution < 1.29 is 9.76 Å². The SMILES string of the molecule is CN(OCc1ccccc1)c1ncc(Br)cc1[N+](=O)[O-]. The molecule has 6 nitrogen and oxygen atoms in total. The number of rotatable bonds is 5. The summed E-state index contributed by atoms with van der Waals surface area (Å²) in [6.45, 7) is 0.312. The van der Waals surface area contributed by atoms with Crippen LogP contribution in [0.15, 0.2) is 47.1 Å². The molecule has 0 bridgehead atoms. The van der Waals surface area contributed by atoms with Crippen molar-refractivity contribution in [2.24, 2.45) is 0 Å². The second kappa shape index (κ2) is 6.44. The van der Waals surface area contributed by atoms with Crippen LogP contribution < -0.4 is 5.06 Å². The number of halogens is 1. The molecule has 0 amide bonds. The van der Waals surface area contributed by atoms with E-state index in [2.05, 4.69) is 20.9 Å². The molecule has 20 heavy (non-hydrogen) atoms. The standard InChI is InChI=1S/C13H12BrN3O3/c1-16(20-9-10-5-3-2-4-6-10)13-12(17(18)19)7-11(14)8-15-13/h2-8H,9H2,1H3. The molecule has 1 heterocycles. The lowest BCUT2D eigenvalue weighted by molar-refractivity contribution is -0.384. The van der Waals surface area contributed by atoms with Crippen LogP contribution in [0.1, 0.15) is 5.56 Å². The number of hydrogen-bond acceptors (Lipinski definition) is 5. The maximum atomic E-state index is 11.0. The van der Waals surface area contributed by atoms with E-state index in [1.807, 2.05) is 30.3 Å². The van der Waals surface area contributed by atoms with E-state index < -0.39 is 4.92 Å². The van der Waals surface area contributed by atoms with E-state index >= 15 is 0 Å². The first-order chi connectivity index (χ1) is 9.58. The number of anilines is 1. The van der Waals surface area contributed by atoms with E-state index in [1.165, 1.54) is 17.3 Å². The first kappa shape index (κ1) is 14.4. The first-order valence-corrected chi connectivity index (χ1v) is 6.57. The van der Waals surface area contributed by atoms with Crippen LogP contribution >= 0.6 is 15.9 Å². The summed E-state index contributed by atoms with van der Waals surface area (Å²) in [5.41, 5.74) is 0.856. The number of benzene rings is 1. The number of hydrogen-bond donors (Lipinski definition) is 0. The Morgan fingerprint density at radius 2 is 2.10 bits per heavy atom. The molecule has 1 aromatic heterocycles. The number of hydroxylamine groups is 1. The van der Waals surface area contributed by atoms with Gasteiger partial charge >= 0.3 is 5.69 Å². The molecule has 7 heteroatoms. The fourth-order valence-corrected chi connectivity index (χ4v) is 1.92. The molecular formula is C13H12BrN3O3. The lowest BCUT2D eigenvalue weighted by atomic mass is 10.2. The van der Waals surface area contributed by atoms with Crippen molar-refractivity contribution >= 4 is 27.4 Å². The Bertz CT molecular complexity index is 607. The highest BCUT2D eigenvalue weighted by Gasteiger charge is 2.20. The van der Waals surface area contributed by atoms with Crippen LogP contribution in [-0.4, -0.2) is 17.0 Å². The van der Waals surface area contributed by atoms with Gasteiger partial charge in [0.05, 0.1) is 11.5 Å². The van der Waals surface area contributed by atoms with Crippen LogP contribution in [-0.2, 0) is 11.4 Å². The van der Waals surface area contributed by atoms with E-state index in [0.29, 0.717) is 11.1 Å². The monoisotopic (exact) mass is 337 g/mol. The summed E-state index contributed by atoms with van der Waals surface area (Å²) in [5.74, 6) is 0.161. The van der Waals surface area contributed by atoms with E-state index in [-0.39, 0.29) is 11.5 Å². The number of pyridine rings is 1. The van der Waals surface area contributed by atoms with Gasteiger partial charge in [0.2, 0.25) is 5.82 Å². The summed E-state index contributed by atoms with van der Waals surface area (Å²) in [5, 5.41) is 12.3. The zero-order valence-electron chi connectivity index (χ0n) is 10.7. The van der Waals surface area contributed by atoms with Gasteiger partial charge in [-0.2, -0.15) is 0 Å². The molecule has 2 aromatic rings. The third-order valence-corrected chi connectivity index (χ3v) is 3.01. The Kier molecular flexibility index (Phi) is 4.65. The van der Waals surface area contributed by atoms with E-state index in [9.17, 15) is 10.1 Å². The predicted molar refractivity (Wildman–Crippen MR) is 78.2 cm³/mol. The van der Waals surface area contributed by atoms with Crippen molar-refractivity contribution in [2.75, 3.05) is 12.1 Å². The average Bonchev–Trinajstić information content (AvgIpc) is 2.45. The molecule has 0 fully saturated rings. The Labute approximate surface area is 124 Å². The van der Waals surface area contributed by atoms with Gasteiger partial charge in [-0.15, -0.1) is 0 Å². The van der Waals surface area contributed by atoms with Gasteiger partial charge < -0.3 is 0 Å². The molecule has 0 N–H and O–H groups in total. The molecule has 0 aliphatic carbocycles. The van der Waals surface area contributed by atoms with E-state index in [0.717, 1.165) is 5.56 Å². The smallest absolute Gasteiger partial charge is 0.267 e. The molecule has 0 saturated heterocycles. The minimum absolute atomic E-state index is 0.116. The highest BCUT2D eigenvalue weighted by Crippen LogP contribution is 2.28. The van der Waals surface area contributed by atoms with Gasteiger partial charge in [-0.25, -0.2) is 10.0 Å². The second-order valence-electron chi connectivity index (χ2n) is 4.01. The molecule has 0 aliphatic heterocycles. The minimum atomic E-state index is -0.491. The zero-order chi connectivity index (χ0) is 14.5. The van der Waals surface area contributed by atoms with Crippen molar-refractivity contribution in [2.45, 2.75) is 6.61 Å². The molecule has 2 rings (SSSR count). The molecule has 0 atom stereocenters. The molecule has 0 aliphatic rings. The summed E-state index contributed by atoms with van der Waals surface area (Å²) < 4.78 is 0.546. The van der Waals surface area contributed by atoms with Crippen LogP contribution in [0.3, 0.4) is 0 Å². The van der Waals surface area contributed by atoms with Crippen LogP contribution in [0, 0.1) is 10.1 Å². The molecule has 104 valence electrons. The van der Waals surface area contributed by atoms with Crippen molar-refractivity contribution in [3.63, 3.8) is 0 Å². The summed E-state index contributed by atoms with van der Waals surface area (Å²) >= 11 is 3.16. The van der Waals surface area contributed by atoms with Crippen molar-refractivity contribution in [3.05, 3.63) is 62.7 Å². The van der Waals surface area contributed by atoms with Crippen molar-refractivity contribution in [3.8, 4) is 0 Å². The Morgan fingerprint density at radius 1 is 1.40 bits per heavy atom. The van der Waals surface area contributed by atoms with Gasteiger partial charge in [0.25, 0.3) is 0 Å². The largest absolute Gasteiger partial charge is 0.314 e. The normalized spacial score (nSPS) is 10.3. The lowest BCUT2D eigenvalue weighted by Crippen LogP contribution is -2.20. The Balaban J connectivity index is 2.13. The molecule has 0 saturated carbocycles. The quantitative estimate of drug-likeness (QED) is 0.618. The Hall–Kier alpha value is -1.99. The van der Waals surface area contributed by atoms with Gasteiger partial charge in [-0.1, -0.05) is 30.3 Å². The van der Waals surface area contributed by atoms with Gasteiger partial charge in [0, 0.05) is 23.8 Å². The summed E-state index contributed by atoms with van der Waals surface area (Å²) in [4.78, 5) is 20.0. The average molecular weight is 338 g/mol.